The molecule has 2 aliphatic carbocycles. The zero-order valence-corrected chi connectivity index (χ0v) is 17.6. The number of rotatable bonds is 3. The van der Waals surface area contributed by atoms with Gasteiger partial charge in [-0.25, -0.2) is 5.01 Å². The van der Waals surface area contributed by atoms with Gasteiger partial charge in [0.1, 0.15) is 0 Å². The second-order valence-electron chi connectivity index (χ2n) is 7.20. The number of alkyl halides is 2. The van der Waals surface area contributed by atoms with Gasteiger partial charge in [0.25, 0.3) is 5.91 Å². The average molecular weight is 417 g/mol. The molecule has 0 spiro atoms. The summed E-state index contributed by atoms with van der Waals surface area (Å²) >= 11 is 18.3. The van der Waals surface area contributed by atoms with Gasteiger partial charge < -0.3 is 10.2 Å². The SMILES string of the molecule is CNC(=S)N(C)/N=C1/C(=O)N(CC2C(Cl)CCCC2Cl)C2=C1CCCC2. The van der Waals surface area contributed by atoms with Crippen LogP contribution in [0.4, 0.5) is 0 Å². The van der Waals surface area contributed by atoms with Crippen molar-refractivity contribution in [3.8, 4) is 0 Å². The van der Waals surface area contributed by atoms with E-state index in [1.54, 1.807) is 19.1 Å². The average Bonchev–Trinajstić information content (AvgIpc) is 2.89. The van der Waals surface area contributed by atoms with Crippen LogP contribution in [0.5, 0.6) is 0 Å². The maximum Gasteiger partial charge on any atom is 0.278 e. The monoisotopic (exact) mass is 416 g/mol. The molecule has 1 amide bonds. The maximum absolute atomic E-state index is 13.2. The zero-order chi connectivity index (χ0) is 18.8. The Labute approximate surface area is 170 Å². The minimum atomic E-state index is -0.0408. The highest BCUT2D eigenvalue weighted by molar-refractivity contribution is 7.80. The minimum Gasteiger partial charge on any atom is -0.364 e. The third kappa shape index (κ3) is 3.87. The van der Waals surface area contributed by atoms with Gasteiger partial charge >= 0.3 is 0 Å². The Morgan fingerprint density at radius 3 is 2.58 bits per heavy atom. The highest BCUT2D eigenvalue weighted by atomic mass is 35.5. The van der Waals surface area contributed by atoms with E-state index in [4.69, 9.17) is 35.4 Å². The molecule has 1 aliphatic heterocycles. The standard InChI is InChI=1S/C18H26Cl2N4OS/c1-21-18(26)23(2)22-16-11-6-3-4-9-15(11)24(17(16)25)10-12-13(19)7-5-8-14(12)20/h12-14H,3-10H2,1-2H3,(H,21,26)/b22-16+. The summed E-state index contributed by atoms with van der Waals surface area (Å²) in [6.07, 6.45) is 6.95. The molecule has 8 heteroatoms. The number of halogens is 2. The van der Waals surface area contributed by atoms with Crippen molar-refractivity contribution >= 4 is 52.2 Å². The molecule has 26 heavy (non-hydrogen) atoms. The van der Waals surface area contributed by atoms with Crippen molar-refractivity contribution in [2.24, 2.45) is 11.0 Å². The number of allylic oxidation sites excluding steroid dienone is 1. The van der Waals surface area contributed by atoms with Crippen LogP contribution in [0.25, 0.3) is 0 Å². The molecule has 1 heterocycles. The van der Waals surface area contributed by atoms with Gasteiger partial charge in [-0.05, 0) is 50.7 Å². The number of carbonyl (C=O) groups is 1. The van der Waals surface area contributed by atoms with E-state index in [2.05, 4.69) is 10.4 Å². The lowest BCUT2D eigenvalue weighted by Crippen LogP contribution is -2.42. The van der Waals surface area contributed by atoms with E-state index in [-0.39, 0.29) is 22.6 Å². The molecule has 2 atom stereocenters. The number of hydrogen-bond donors (Lipinski definition) is 1. The number of hydrazone groups is 1. The predicted molar refractivity (Wildman–Crippen MR) is 111 cm³/mol. The van der Waals surface area contributed by atoms with E-state index in [1.165, 1.54) is 0 Å². The third-order valence-corrected chi connectivity index (χ3v) is 7.09. The summed E-state index contributed by atoms with van der Waals surface area (Å²) in [5, 5.41) is 9.49. The summed E-state index contributed by atoms with van der Waals surface area (Å²) in [7, 11) is 3.51. The molecular formula is C18H26Cl2N4OS. The fourth-order valence-electron chi connectivity index (χ4n) is 4.08. The molecule has 0 aromatic carbocycles. The summed E-state index contributed by atoms with van der Waals surface area (Å²) in [5.74, 6) is 0.0723. The largest absolute Gasteiger partial charge is 0.364 e. The van der Waals surface area contributed by atoms with Crippen LogP contribution in [0.3, 0.4) is 0 Å². The fourth-order valence-corrected chi connectivity index (χ4v) is 5.01. The van der Waals surface area contributed by atoms with E-state index in [9.17, 15) is 4.79 Å². The second-order valence-corrected chi connectivity index (χ2v) is 8.71. The Balaban J connectivity index is 1.87. The Kier molecular flexibility index (Phi) is 6.46. The molecule has 1 N–H and O–H groups in total. The van der Waals surface area contributed by atoms with Crippen LogP contribution >= 0.6 is 35.4 Å². The zero-order valence-electron chi connectivity index (χ0n) is 15.3. The van der Waals surface area contributed by atoms with Gasteiger partial charge in [-0.1, -0.05) is 6.42 Å². The second kappa shape index (κ2) is 8.44. The van der Waals surface area contributed by atoms with E-state index >= 15 is 0 Å². The highest BCUT2D eigenvalue weighted by Gasteiger charge is 2.41. The van der Waals surface area contributed by atoms with Crippen molar-refractivity contribution in [3.05, 3.63) is 11.3 Å². The first-order chi connectivity index (χ1) is 12.4. The lowest BCUT2D eigenvalue weighted by Gasteiger charge is -2.35. The molecule has 0 saturated heterocycles. The topological polar surface area (TPSA) is 47.9 Å². The van der Waals surface area contributed by atoms with E-state index in [1.807, 2.05) is 4.90 Å². The van der Waals surface area contributed by atoms with Crippen LogP contribution in [0.1, 0.15) is 44.9 Å². The molecule has 0 aromatic rings. The summed E-state index contributed by atoms with van der Waals surface area (Å²) in [6.45, 7) is 0.583. The first-order valence-corrected chi connectivity index (χ1v) is 10.6. The molecule has 0 aromatic heterocycles. The highest BCUT2D eigenvalue weighted by Crippen LogP contribution is 2.39. The molecule has 5 nitrogen and oxygen atoms in total. The number of nitrogens with one attached hydrogen (secondary N) is 1. The molecule has 2 unspecified atom stereocenters. The van der Waals surface area contributed by atoms with Gasteiger partial charge in [0.2, 0.25) is 0 Å². The van der Waals surface area contributed by atoms with E-state index in [0.29, 0.717) is 17.4 Å². The lowest BCUT2D eigenvalue weighted by molar-refractivity contribution is -0.122. The smallest absolute Gasteiger partial charge is 0.278 e. The Morgan fingerprint density at radius 2 is 1.92 bits per heavy atom. The van der Waals surface area contributed by atoms with Gasteiger partial charge in [-0.3, -0.25) is 4.79 Å². The lowest BCUT2D eigenvalue weighted by atomic mass is 9.87. The van der Waals surface area contributed by atoms with Crippen LogP contribution in [0, 0.1) is 5.92 Å². The molecule has 3 aliphatic rings. The number of amides is 1. The Morgan fingerprint density at radius 1 is 1.27 bits per heavy atom. The minimum absolute atomic E-state index is 0.0206. The Hall–Kier alpha value is -0.850. The molecule has 1 saturated carbocycles. The van der Waals surface area contributed by atoms with Crippen molar-refractivity contribution < 1.29 is 4.79 Å². The van der Waals surface area contributed by atoms with E-state index in [0.717, 1.165) is 56.2 Å². The summed E-state index contributed by atoms with van der Waals surface area (Å²) in [6, 6.07) is 0. The number of thiocarbonyl (C=S) groups is 1. The van der Waals surface area contributed by atoms with Gasteiger partial charge in [0.05, 0.1) is 0 Å². The van der Waals surface area contributed by atoms with Crippen molar-refractivity contribution in [1.82, 2.24) is 15.2 Å². The summed E-state index contributed by atoms with van der Waals surface area (Å²) in [4.78, 5) is 15.1. The quantitative estimate of drug-likeness (QED) is 0.434. The predicted octanol–water partition coefficient (Wildman–Crippen LogP) is 3.46. The van der Waals surface area contributed by atoms with Crippen LogP contribution in [0.15, 0.2) is 16.4 Å². The van der Waals surface area contributed by atoms with Crippen molar-refractivity contribution in [2.75, 3.05) is 20.6 Å². The Bertz CT molecular complexity index is 641. The van der Waals surface area contributed by atoms with Crippen LogP contribution < -0.4 is 5.32 Å². The number of hydrogen-bond acceptors (Lipinski definition) is 3. The summed E-state index contributed by atoms with van der Waals surface area (Å²) in [5.41, 5.74) is 2.70. The van der Waals surface area contributed by atoms with E-state index < -0.39 is 0 Å². The van der Waals surface area contributed by atoms with Crippen molar-refractivity contribution in [1.29, 1.82) is 0 Å². The molecule has 0 bridgehead atoms. The van der Waals surface area contributed by atoms with Crippen molar-refractivity contribution in [2.45, 2.75) is 55.7 Å². The first kappa shape index (κ1) is 19.9. The maximum atomic E-state index is 13.2. The molecule has 1 fully saturated rings. The normalized spacial score (nSPS) is 30.6. The number of carbonyl (C=O) groups excluding carboxylic acids is 1. The molecule has 3 rings (SSSR count). The third-order valence-electron chi connectivity index (χ3n) is 5.54. The molecule has 144 valence electrons. The van der Waals surface area contributed by atoms with Gasteiger partial charge in [0.15, 0.2) is 10.8 Å². The number of nitrogens with zero attached hydrogens (tertiary/aromatic N) is 3. The van der Waals surface area contributed by atoms with Crippen LogP contribution in [-0.4, -0.2) is 58.0 Å². The molecular weight excluding hydrogens is 391 g/mol. The summed E-state index contributed by atoms with van der Waals surface area (Å²) < 4.78 is 0. The van der Waals surface area contributed by atoms with Crippen LogP contribution in [0.2, 0.25) is 0 Å². The van der Waals surface area contributed by atoms with Crippen molar-refractivity contribution in [3.63, 3.8) is 0 Å². The molecule has 0 radical (unpaired) electrons. The fraction of sp³-hybridized carbons (Fsp3) is 0.722. The first-order valence-electron chi connectivity index (χ1n) is 9.30. The van der Waals surface area contributed by atoms with Gasteiger partial charge in [-0.15, -0.1) is 23.2 Å². The van der Waals surface area contributed by atoms with Crippen LogP contribution in [-0.2, 0) is 4.79 Å². The van der Waals surface area contributed by atoms with Gasteiger partial charge in [0, 0.05) is 48.6 Å². The van der Waals surface area contributed by atoms with Gasteiger partial charge in [-0.2, -0.15) is 5.10 Å².